The molecule has 2 heteroatoms. The summed E-state index contributed by atoms with van der Waals surface area (Å²) in [5.74, 6) is 0. The summed E-state index contributed by atoms with van der Waals surface area (Å²) >= 11 is 0. The molecule has 2 rings (SSSR count). The Bertz CT molecular complexity index is 439. The van der Waals surface area contributed by atoms with Crippen molar-refractivity contribution in [1.29, 1.82) is 0 Å². The van der Waals surface area contributed by atoms with Crippen LogP contribution < -0.4 is 0 Å². The summed E-state index contributed by atoms with van der Waals surface area (Å²) in [6, 6.07) is 11.6. The summed E-state index contributed by atoms with van der Waals surface area (Å²) in [4.78, 5) is 3.99. The quantitative estimate of drug-likeness (QED) is 0.806. The van der Waals surface area contributed by atoms with Crippen LogP contribution in [0, 0.1) is 6.92 Å². The lowest BCUT2D eigenvalue weighted by molar-refractivity contribution is 0.220. The van der Waals surface area contributed by atoms with Crippen molar-refractivity contribution in [3.63, 3.8) is 0 Å². The molecule has 1 aromatic carbocycles. The van der Waals surface area contributed by atoms with Crippen LogP contribution in [0.4, 0.5) is 0 Å². The summed E-state index contributed by atoms with van der Waals surface area (Å²) in [5, 5.41) is 10.1. The smallest absolute Gasteiger partial charge is 0.106 e. The molecule has 1 unspecified atom stereocenters. The number of hydrogen-bond acceptors (Lipinski definition) is 2. The molecule has 0 fully saturated rings. The van der Waals surface area contributed by atoms with Crippen LogP contribution >= 0.6 is 0 Å². The van der Waals surface area contributed by atoms with Crippen LogP contribution in [-0.4, -0.2) is 10.1 Å². The highest BCUT2D eigenvalue weighted by molar-refractivity contribution is 5.30. The minimum Gasteiger partial charge on any atom is -0.384 e. The van der Waals surface area contributed by atoms with Gasteiger partial charge in [-0.1, -0.05) is 35.9 Å². The van der Waals surface area contributed by atoms with Gasteiger partial charge < -0.3 is 5.11 Å². The minimum absolute atomic E-state index is 0.585. The van der Waals surface area contributed by atoms with Crippen molar-refractivity contribution in [2.75, 3.05) is 0 Å². The van der Waals surface area contributed by atoms with Crippen LogP contribution in [0.25, 0.3) is 0 Å². The van der Waals surface area contributed by atoms with Gasteiger partial charge in [-0.3, -0.25) is 4.98 Å². The first-order chi connectivity index (χ1) is 7.27. The number of aryl methyl sites for hydroxylation is 1. The van der Waals surface area contributed by atoms with Gasteiger partial charge in [-0.05, 0) is 18.6 Å². The molecule has 0 aliphatic rings. The van der Waals surface area contributed by atoms with Crippen molar-refractivity contribution in [3.8, 4) is 0 Å². The van der Waals surface area contributed by atoms with E-state index in [0.717, 1.165) is 16.7 Å². The Balaban J connectivity index is 2.32. The van der Waals surface area contributed by atoms with Gasteiger partial charge in [0.15, 0.2) is 0 Å². The van der Waals surface area contributed by atoms with Crippen LogP contribution in [-0.2, 0) is 0 Å². The van der Waals surface area contributed by atoms with Gasteiger partial charge in [0.05, 0.1) is 0 Å². The van der Waals surface area contributed by atoms with E-state index in [2.05, 4.69) is 4.98 Å². The maximum Gasteiger partial charge on any atom is 0.106 e. The molecule has 0 spiro atoms. The summed E-state index contributed by atoms with van der Waals surface area (Å²) in [6.07, 6.45) is 2.80. The molecule has 1 atom stereocenters. The SMILES string of the molecule is Cc1cccc(C(O)c2cccnc2)c1. The lowest BCUT2D eigenvalue weighted by atomic mass is 10.0. The first-order valence-corrected chi connectivity index (χ1v) is 4.92. The molecule has 15 heavy (non-hydrogen) atoms. The van der Waals surface area contributed by atoms with Gasteiger partial charge in [0, 0.05) is 18.0 Å². The Morgan fingerprint density at radius 2 is 1.93 bits per heavy atom. The topological polar surface area (TPSA) is 33.1 Å². The second kappa shape index (κ2) is 4.24. The average Bonchev–Trinajstić information content (AvgIpc) is 2.29. The van der Waals surface area contributed by atoms with Crippen molar-refractivity contribution in [3.05, 3.63) is 65.5 Å². The summed E-state index contributed by atoms with van der Waals surface area (Å²) in [5.41, 5.74) is 2.88. The van der Waals surface area contributed by atoms with Crippen molar-refractivity contribution < 1.29 is 5.11 Å². The number of benzene rings is 1. The summed E-state index contributed by atoms with van der Waals surface area (Å²) in [6.45, 7) is 2.01. The first-order valence-electron chi connectivity index (χ1n) is 4.92. The maximum atomic E-state index is 10.1. The van der Waals surface area contributed by atoms with E-state index in [-0.39, 0.29) is 0 Å². The number of aromatic nitrogens is 1. The second-order valence-corrected chi connectivity index (χ2v) is 3.60. The standard InChI is InChI=1S/C13H13NO/c1-10-4-2-5-11(8-10)13(15)12-6-3-7-14-9-12/h2-9,13,15H,1H3. The lowest BCUT2D eigenvalue weighted by Crippen LogP contribution is -1.99. The monoisotopic (exact) mass is 199 g/mol. The molecule has 1 heterocycles. The molecule has 2 aromatic rings. The van der Waals surface area contributed by atoms with E-state index in [1.807, 2.05) is 43.3 Å². The number of aliphatic hydroxyl groups is 1. The van der Waals surface area contributed by atoms with Crippen LogP contribution in [0.2, 0.25) is 0 Å². The molecule has 0 aliphatic heterocycles. The third-order valence-electron chi connectivity index (χ3n) is 2.36. The molecule has 0 bridgehead atoms. The van der Waals surface area contributed by atoms with Gasteiger partial charge in [-0.2, -0.15) is 0 Å². The zero-order valence-electron chi connectivity index (χ0n) is 8.59. The van der Waals surface area contributed by atoms with Crippen molar-refractivity contribution in [1.82, 2.24) is 4.98 Å². The van der Waals surface area contributed by atoms with Gasteiger partial charge in [0.25, 0.3) is 0 Å². The predicted octanol–water partition coefficient (Wildman–Crippen LogP) is 2.47. The highest BCUT2D eigenvalue weighted by Crippen LogP contribution is 2.21. The maximum absolute atomic E-state index is 10.1. The zero-order chi connectivity index (χ0) is 10.7. The minimum atomic E-state index is -0.585. The molecule has 1 N–H and O–H groups in total. The Labute approximate surface area is 89.2 Å². The average molecular weight is 199 g/mol. The molecule has 0 saturated carbocycles. The van der Waals surface area contributed by atoms with Crippen molar-refractivity contribution in [2.45, 2.75) is 13.0 Å². The number of hydrogen-bond donors (Lipinski definition) is 1. The molecule has 0 aliphatic carbocycles. The fourth-order valence-electron chi connectivity index (χ4n) is 1.57. The molecular formula is C13H13NO. The number of nitrogens with zero attached hydrogens (tertiary/aromatic N) is 1. The van der Waals surface area contributed by atoms with E-state index < -0.39 is 6.10 Å². The normalized spacial score (nSPS) is 12.4. The van der Waals surface area contributed by atoms with Gasteiger partial charge in [0.2, 0.25) is 0 Å². The molecule has 1 aromatic heterocycles. The van der Waals surface area contributed by atoms with Crippen molar-refractivity contribution >= 4 is 0 Å². The fraction of sp³-hybridized carbons (Fsp3) is 0.154. The van der Waals surface area contributed by atoms with Gasteiger partial charge in [-0.15, -0.1) is 0 Å². The fourth-order valence-corrected chi connectivity index (χ4v) is 1.57. The van der Waals surface area contributed by atoms with E-state index in [9.17, 15) is 5.11 Å². The van der Waals surface area contributed by atoms with Gasteiger partial charge >= 0.3 is 0 Å². The second-order valence-electron chi connectivity index (χ2n) is 3.60. The molecule has 76 valence electrons. The third kappa shape index (κ3) is 2.22. The highest BCUT2D eigenvalue weighted by atomic mass is 16.3. The van der Waals surface area contributed by atoms with Crippen LogP contribution in [0.1, 0.15) is 22.8 Å². The molecule has 0 amide bonds. The van der Waals surface area contributed by atoms with E-state index in [4.69, 9.17) is 0 Å². The van der Waals surface area contributed by atoms with E-state index in [0.29, 0.717) is 0 Å². The lowest BCUT2D eigenvalue weighted by Gasteiger charge is -2.11. The third-order valence-corrected chi connectivity index (χ3v) is 2.36. The van der Waals surface area contributed by atoms with Gasteiger partial charge in [0.1, 0.15) is 6.10 Å². The molecular weight excluding hydrogens is 186 g/mol. The van der Waals surface area contributed by atoms with Crippen molar-refractivity contribution in [2.24, 2.45) is 0 Å². The molecule has 0 saturated heterocycles. The number of pyridine rings is 1. The van der Waals surface area contributed by atoms with Crippen LogP contribution in [0.3, 0.4) is 0 Å². The Hall–Kier alpha value is -1.67. The number of rotatable bonds is 2. The zero-order valence-corrected chi connectivity index (χ0v) is 8.59. The van der Waals surface area contributed by atoms with Crippen LogP contribution in [0.15, 0.2) is 48.8 Å². The van der Waals surface area contributed by atoms with E-state index >= 15 is 0 Å². The first kappa shape index (κ1) is 9.87. The highest BCUT2D eigenvalue weighted by Gasteiger charge is 2.09. The Morgan fingerprint density at radius 3 is 2.60 bits per heavy atom. The van der Waals surface area contributed by atoms with Crippen LogP contribution in [0.5, 0.6) is 0 Å². The number of aliphatic hydroxyl groups excluding tert-OH is 1. The van der Waals surface area contributed by atoms with E-state index in [1.54, 1.807) is 12.4 Å². The Kier molecular flexibility index (Phi) is 2.79. The largest absolute Gasteiger partial charge is 0.384 e. The summed E-state index contributed by atoms with van der Waals surface area (Å²) < 4.78 is 0. The van der Waals surface area contributed by atoms with Gasteiger partial charge in [-0.25, -0.2) is 0 Å². The molecule has 0 radical (unpaired) electrons. The van der Waals surface area contributed by atoms with E-state index in [1.165, 1.54) is 0 Å². The summed E-state index contributed by atoms with van der Waals surface area (Å²) in [7, 11) is 0. The Morgan fingerprint density at radius 1 is 1.13 bits per heavy atom. The molecule has 2 nitrogen and oxygen atoms in total. The predicted molar refractivity (Wildman–Crippen MR) is 59.5 cm³/mol.